The van der Waals surface area contributed by atoms with Gasteiger partial charge in [0.05, 0.1) is 0 Å². The Balaban J connectivity index is 2.67. The third kappa shape index (κ3) is 5.51. The number of hydrogen-bond acceptors (Lipinski definition) is 1. The Labute approximate surface area is 113 Å². The van der Waals surface area contributed by atoms with Gasteiger partial charge in [-0.25, -0.2) is 0 Å². The van der Waals surface area contributed by atoms with Crippen LogP contribution < -0.4 is 5.32 Å². The zero-order valence-corrected chi connectivity index (χ0v) is 12.4. The predicted molar refractivity (Wildman–Crippen MR) is 79.2 cm³/mol. The Morgan fingerprint density at radius 2 is 2.00 bits per heavy atom. The highest BCUT2D eigenvalue weighted by molar-refractivity contribution is 9.10. The van der Waals surface area contributed by atoms with Crippen LogP contribution in [-0.4, -0.2) is 6.54 Å². The van der Waals surface area contributed by atoms with Crippen LogP contribution >= 0.6 is 15.9 Å². The number of allylic oxidation sites excluding steroid dienone is 1. The van der Waals surface area contributed by atoms with Crippen molar-refractivity contribution < 1.29 is 0 Å². The first kappa shape index (κ1) is 14.5. The van der Waals surface area contributed by atoms with E-state index in [1.54, 1.807) is 0 Å². The summed E-state index contributed by atoms with van der Waals surface area (Å²) in [6, 6.07) is 9.04. The molecule has 0 heterocycles. The van der Waals surface area contributed by atoms with Gasteiger partial charge in [-0.1, -0.05) is 40.6 Å². The van der Waals surface area contributed by atoms with Crippen molar-refractivity contribution in [1.29, 1.82) is 0 Å². The monoisotopic (exact) mass is 295 g/mol. The summed E-state index contributed by atoms with van der Waals surface area (Å²) in [4.78, 5) is 0. The largest absolute Gasteiger partial charge is 0.310 e. The molecule has 0 aliphatic carbocycles. The second-order valence-electron chi connectivity index (χ2n) is 4.55. The summed E-state index contributed by atoms with van der Waals surface area (Å²) >= 11 is 3.47. The lowest BCUT2D eigenvalue weighted by Crippen LogP contribution is -2.22. The minimum Gasteiger partial charge on any atom is -0.310 e. The first-order valence-corrected chi connectivity index (χ1v) is 7.06. The molecule has 1 aromatic carbocycles. The van der Waals surface area contributed by atoms with Crippen LogP contribution in [0, 0.1) is 0 Å². The first-order chi connectivity index (χ1) is 8.13. The lowest BCUT2D eigenvalue weighted by molar-refractivity contribution is 0.499. The van der Waals surface area contributed by atoms with E-state index in [9.17, 15) is 0 Å². The molecule has 0 bridgehead atoms. The van der Waals surface area contributed by atoms with E-state index in [0.717, 1.165) is 23.9 Å². The highest BCUT2D eigenvalue weighted by atomic mass is 79.9. The minimum absolute atomic E-state index is 0.444. The summed E-state index contributed by atoms with van der Waals surface area (Å²) in [6.07, 6.45) is 3.37. The summed E-state index contributed by atoms with van der Waals surface area (Å²) < 4.78 is 1.13. The van der Waals surface area contributed by atoms with Crippen molar-refractivity contribution in [3.8, 4) is 0 Å². The smallest absolute Gasteiger partial charge is 0.0323 e. The number of halogens is 1. The number of nitrogens with one attached hydrogen (secondary N) is 1. The normalized spacial score (nSPS) is 12.4. The Morgan fingerprint density at radius 1 is 1.35 bits per heavy atom. The molecule has 0 amide bonds. The average molecular weight is 296 g/mol. The quantitative estimate of drug-likeness (QED) is 0.709. The zero-order valence-electron chi connectivity index (χ0n) is 10.8. The van der Waals surface area contributed by atoms with Gasteiger partial charge in [-0.05, 0) is 50.4 Å². The fraction of sp³-hybridized carbons (Fsp3) is 0.467. The maximum Gasteiger partial charge on any atom is 0.0323 e. The van der Waals surface area contributed by atoms with Gasteiger partial charge in [0.15, 0.2) is 0 Å². The molecule has 0 aliphatic rings. The van der Waals surface area contributed by atoms with Crippen molar-refractivity contribution in [1.82, 2.24) is 5.32 Å². The van der Waals surface area contributed by atoms with Gasteiger partial charge in [0.25, 0.3) is 0 Å². The fourth-order valence-corrected chi connectivity index (χ4v) is 2.06. The van der Waals surface area contributed by atoms with Gasteiger partial charge in [0.1, 0.15) is 0 Å². The molecule has 0 aliphatic heterocycles. The number of hydrogen-bond donors (Lipinski definition) is 1. The van der Waals surface area contributed by atoms with Gasteiger partial charge < -0.3 is 5.32 Å². The molecule has 0 saturated carbocycles. The predicted octanol–water partition coefficient (Wildman–Crippen LogP) is 4.85. The van der Waals surface area contributed by atoms with Crippen LogP contribution in [-0.2, 0) is 0 Å². The van der Waals surface area contributed by atoms with Crippen LogP contribution in [0.1, 0.15) is 44.7 Å². The van der Waals surface area contributed by atoms with Crippen LogP contribution in [0.3, 0.4) is 0 Å². The highest BCUT2D eigenvalue weighted by Crippen LogP contribution is 2.22. The van der Waals surface area contributed by atoms with Gasteiger partial charge in [-0.15, -0.1) is 6.58 Å². The van der Waals surface area contributed by atoms with Crippen molar-refractivity contribution in [3.63, 3.8) is 0 Å². The highest BCUT2D eigenvalue weighted by Gasteiger charge is 2.09. The number of rotatable bonds is 7. The van der Waals surface area contributed by atoms with Crippen molar-refractivity contribution >= 4 is 15.9 Å². The topological polar surface area (TPSA) is 12.0 Å². The maximum atomic E-state index is 3.98. The molecular weight excluding hydrogens is 274 g/mol. The van der Waals surface area contributed by atoms with Crippen molar-refractivity contribution in [2.75, 3.05) is 6.54 Å². The molecule has 0 spiro atoms. The van der Waals surface area contributed by atoms with Crippen LogP contribution in [0.25, 0.3) is 0 Å². The third-order valence-corrected chi connectivity index (χ3v) is 3.30. The van der Waals surface area contributed by atoms with Crippen molar-refractivity contribution in [3.05, 3.63) is 46.5 Å². The Kier molecular flexibility index (Phi) is 6.53. The van der Waals surface area contributed by atoms with Gasteiger partial charge >= 0.3 is 0 Å². The van der Waals surface area contributed by atoms with E-state index in [-0.39, 0.29) is 0 Å². The lowest BCUT2D eigenvalue weighted by Gasteiger charge is -2.19. The van der Waals surface area contributed by atoms with Gasteiger partial charge in [0, 0.05) is 10.5 Å². The molecule has 2 heteroatoms. The van der Waals surface area contributed by atoms with E-state index >= 15 is 0 Å². The molecule has 1 nitrogen and oxygen atoms in total. The summed E-state index contributed by atoms with van der Waals surface area (Å²) in [7, 11) is 0. The van der Waals surface area contributed by atoms with E-state index in [1.807, 2.05) is 0 Å². The molecule has 1 atom stereocenters. The molecule has 1 rings (SSSR count). The summed E-state index contributed by atoms with van der Waals surface area (Å²) in [5.41, 5.74) is 2.62. The molecule has 1 unspecified atom stereocenters. The Bertz CT molecular complexity index is 342. The van der Waals surface area contributed by atoms with E-state index in [2.05, 4.69) is 65.9 Å². The second-order valence-corrected chi connectivity index (χ2v) is 5.47. The molecule has 0 saturated heterocycles. The van der Waals surface area contributed by atoms with Crippen LogP contribution in [0.2, 0.25) is 0 Å². The molecule has 1 N–H and O–H groups in total. The van der Waals surface area contributed by atoms with E-state index in [4.69, 9.17) is 0 Å². The van der Waals surface area contributed by atoms with Gasteiger partial charge in [0.2, 0.25) is 0 Å². The molecular formula is C15H22BrN. The van der Waals surface area contributed by atoms with E-state index < -0.39 is 0 Å². The molecule has 17 heavy (non-hydrogen) atoms. The summed E-state index contributed by atoms with van der Waals surface area (Å²) in [5.74, 6) is 0. The van der Waals surface area contributed by atoms with Crippen molar-refractivity contribution in [2.45, 2.75) is 39.2 Å². The second kappa shape index (κ2) is 7.67. The Hall–Kier alpha value is -0.600. The SMILES string of the molecule is C=C(C)CCC(NCCC)c1ccc(Br)cc1. The molecule has 0 fully saturated rings. The van der Waals surface area contributed by atoms with Gasteiger partial charge in [-0.3, -0.25) is 0 Å². The lowest BCUT2D eigenvalue weighted by atomic mass is 10.00. The first-order valence-electron chi connectivity index (χ1n) is 6.26. The van der Waals surface area contributed by atoms with Crippen LogP contribution in [0.15, 0.2) is 40.9 Å². The minimum atomic E-state index is 0.444. The molecule has 1 aromatic rings. The maximum absolute atomic E-state index is 3.98. The fourth-order valence-electron chi connectivity index (χ4n) is 1.79. The third-order valence-electron chi connectivity index (χ3n) is 2.77. The summed E-state index contributed by atoms with van der Waals surface area (Å²) in [5, 5.41) is 3.60. The standard InChI is InChI=1S/C15H22BrN/c1-4-11-17-15(10-5-12(2)3)13-6-8-14(16)9-7-13/h6-9,15,17H,2,4-5,10-11H2,1,3H3. The molecule has 94 valence electrons. The molecule has 0 aromatic heterocycles. The van der Waals surface area contributed by atoms with E-state index in [0.29, 0.717) is 6.04 Å². The number of benzene rings is 1. The zero-order chi connectivity index (χ0) is 12.7. The summed E-state index contributed by atoms with van der Waals surface area (Å²) in [6.45, 7) is 9.34. The Morgan fingerprint density at radius 3 is 2.53 bits per heavy atom. The van der Waals surface area contributed by atoms with Gasteiger partial charge in [-0.2, -0.15) is 0 Å². The molecule has 0 radical (unpaired) electrons. The van der Waals surface area contributed by atoms with Crippen molar-refractivity contribution in [2.24, 2.45) is 0 Å². The van der Waals surface area contributed by atoms with Crippen LogP contribution in [0.4, 0.5) is 0 Å². The van der Waals surface area contributed by atoms with Crippen LogP contribution in [0.5, 0.6) is 0 Å². The average Bonchev–Trinajstić information content (AvgIpc) is 2.30. The van der Waals surface area contributed by atoms with E-state index in [1.165, 1.54) is 17.6 Å².